The molecule has 4 nitrogen and oxygen atoms in total. The third kappa shape index (κ3) is 2.63. The van der Waals surface area contributed by atoms with E-state index in [1.165, 1.54) is 0 Å². The molecular formula is C15H26N2O2. The second-order valence-electron chi connectivity index (χ2n) is 7.30. The van der Waals surface area contributed by atoms with E-state index >= 15 is 0 Å². The van der Waals surface area contributed by atoms with E-state index in [2.05, 4.69) is 12.2 Å². The Morgan fingerprint density at radius 3 is 2.26 bits per heavy atom. The Bertz CT molecular complexity index is 386. The molecular weight excluding hydrogens is 240 g/mol. The van der Waals surface area contributed by atoms with Crippen molar-refractivity contribution in [1.82, 2.24) is 10.2 Å². The molecule has 4 atom stereocenters. The number of rotatable bonds is 1. The molecule has 19 heavy (non-hydrogen) atoms. The Balaban J connectivity index is 2.24. The first-order valence-corrected chi connectivity index (χ1v) is 7.34. The van der Waals surface area contributed by atoms with Gasteiger partial charge in [-0.2, -0.15) is 0 Å². The molecule has 0 aromatic heterocycles. The first kappa shape index (κ1) is 14.4. The molecule has 0 radical (unpaired) electrons. The molecule has 4 heteroatoms. The number of nitrogens with zero attached hydrogens (tertiary/aromatic N) is 1. The molecule has 108 valence electrons. The van der Waals surface area contributed by atoms with Gasteiger partial charge in [-0.15, -0.1) is 0 Å². The summed E-state index contributed by atoms with van der Waals surface area (Å²) in [6.07, 6.45) is 3.21. The predicted octanol–water partition coefficient (Wildman–Crippen LogP) is 1.94. The highest BCUT2D eigenvalue weighted by Gasteiger charge is 2.46. The van der Waals surface area contributed by atoms with Crippen LogP contribution in [0.4, 0.5) is 0 Å². The summed E-state index contributed by atoms with van der Waals surface area (Å²) in [5, 5.41) is 2.89. The molecule has 1 aliphatic heterocycles. The molecule has 0 bridgehead atoms. The van der Waals surface area contributed by atoms with Crippen molar-refractivity contribution in [3.8, 4) is 0 Å². The Morgan fingerprint density at radius 1 is 1.16 bits per heavy atom. The lowest BCUT2D eigenvalue weighted by Crippen LogP contribution is -2.67. The van der Waals surface area contributed by atoms with Gasteiger partial charge >= 0.3 is 0 Å². The van der Waals surface area contributed by atoms with Crippen LogP contribution in [0, 0.1) is 11.3 Å². The second-order valence-corrected chi connectivity index (χ2v) is 7.30. The van der Waals surface area contributed by atoms with Crippen molar-refractivity contribution in [1.29, 1.82) is 0 Å². The summed E-state index contributed by atoms with van der Waals surface area (Å²) < 4.78 is 0. The van der Waals surface area contributed by atoms with Crippen molar-refractivity contribution in [3.05, 3.63) is 0 Å². The van der Waals surface area contributed by atoms with Gasteiger partial charge < -0.3 is 10.2 Å². The molecule has 0 spiro atoms. The Morgan fingerprint density at radius 2 is 1.79 bits per heavy atom. The van der Waals surface area contributed by atoms with Crippen LogP contribution in [0.1, 0.15) is 53.9 Å². The van der Waals surface area contributed by atoms with Crippen molar-refractivity contribution in [3.63, 3.8) is 0 Å². The van der Waals surface area contributed by atoms with Crippen LogP contribution in [0.3, 0.4) is 0 Å². The van der Waals surface area contributed by atoms with Crippen LogP contribution in [0.5, 0.6) is 0 Å². The normalized spacial score (nSPS) is 36.6. The maximum atomic E-state index is 12.7. The maximum absolute atomic E-state index is 12.7. The van der Waals surface area contributed by atoms with Crippen LogP contribution < -0.4 is 5.32 Å². The summed E-state index contributed by atoms with van der Waals surface area (Å²) >= 11 is 0. The van der Waals surface area contributed by atoms with Gasteiger partial charge in [0.25, 0.3) is 0 Å². The molecule has 1 N–H and O–H groups in total. The predicted molar refractivity (Wildman–Crippen MR) is 74.5 cm³/mol. The number of nitrogens with one attached hydrogen (secondary N) is 1. The summed E-state index contributed by atoms with van der Waals surface area (Å²) in [6.45, 7) is 10.1. The Hall–Kier alpha value is -1.06. The van der Waals surface area contributed by atoms with E-state index in [1.54, 1.807) is 0 Å². The van der Waals surface area contributed by atoms with Crippen LogP contribution in [0.25, 0.3) is 0 Å². The quantitative estimate of drug-likeness (QED) is 0.788. The van der Waals surface area contributed by atoms with Gasteiger partial charge in [0, 0.05) is 6.04 Å². The topological polar surface area (TPSA) is 49.4 Å². The van der Waals surface area contributed by atoms with Crippen LogP contribution in [-0.2, 0) is 9.59 Å². The van der Waals surface area contributed by atoms with Gasteiger partial charge in [0.1, 0.15) is 12.1 Å². The summed E-state index contributed by atoms with van der Waals surface area (Å²) in [6, 6.07) is -0.484. The lowest BCUT2D eigenvalue weighted by atomic mass is 9.83. The van der Waals surface area contributed by atoms with Gasteiger partial charge in [0.15, 0.2) is 0 Å². The van der Waals surface area contributed by atoms with Crippen molar-refractivity contribution in [2.24, 2.45) is 11.3 Å². The van der Waals surface area contributed by atoms with Gasteiger partial charge in [-0.05, 0) is 37.5 Å². The SMILES string of the molecule is CC1CCC(N2C(=O)C(C(C)(C)C)NC(=O)C2C)C1. The number of carbonyl (C=O) groups is 2. The lowest BCUT2D eigenvalue weighted by molar-refractivity contribution is -0.154. The standard InChI is InChI=1S/C15H26N2O2/c1-9-6-7-11(8-9)17-10(2)13(18)16-12(14(17)19)15(3,4)5/h9-12H,6-8H2,1-5H3,(H,16,18). The number of amides is 2. The van der Waals surface area contributed by atoms with Crippen molar-refractivity contribution in [2.45, 2.75) is 72.0 Å². The first-order chi connectivity index (χ1) is 8.71. The van der Waals surface area contributed by atoms with Gasteiger partial charge in [-0.1, -0.05) is 27.7 Å². The van der Waals surface area contributed by atoms with E-state index in [1.807, 2.05) is 32.6 Å². The van der Waals surface area contributed by atoms with E-state index in [0.29, 0.717) is 5.92 Å². The van der Waals surface area contributed by atoms with Crippen LogP contribution in [-0.4, -0.2) is 34.8 Å². The first-order valence-electron chi connectivity index (χ1n) is 7.34. The van der Waals surface area contributed by atoms with E-state index in [9.17, 15) is 9.59 Å². The average Bonchev–Trinajstić information content (AvgIpc) is 2.69. The van der Waals surface area contributed by atoms with E-state index in [-0.39, 0.29) is 29.3 Å². The van der Waals surface area contributed by atoms with Gasteiger partial charge in [0.2, 0.25) is 11.8 Å². The minimum absolute atomic E-state index is 0.0147. The molecule has 1 aliphatic carbocycles. The highest BCUT2D eigenvalue weighted by molar-refractivity contribution is 5.97. The Kier molecular flexibility index (Phi) is 3.63. The summed E-state index contributed by atoms with van der Waals surface area (Å²) in [7, 11) is 0. The van der Waals surface area contributed by atoms with E-state index in [0.717, 1.165) is 19.3 Å². The van der Waals surface area contributed by atoms with Crippen molar-refractivity contribution >= 4 is 11.8 Å². The molecule has 1 saturated carbocycles. The fourth-order valence-electron chi connectivity index (χ4n) is 3.30. The van der Waals surface area contributed by atoms with E-state index < -0.39 is 6.04 Å². The zero-order chi connectivity index (χ0) is 14.4. The molecule has 4 unspecified atom stereocenters. The zero-order valence-electron chi connectivity index (χ0n) is 12.7. The third-order valence-electron chi connectivity index (χ3n) is 4.51. The van der Waals surface area contributed by atoms with Gasteiger partial charge in [-0.25, -0.2) is 0 Å². The molecule has 2 aliphatic rings. The molecule has 2 rings (SSSR count). The van der Waals surface area contributed by atoms with Crippen LogP contribution in [0.2, 0.25) is 0 Å². The van der Waals surface area contributed by atoms with Crippen LogP contribution >= 0.6 is 0 Å². The minimum Gasteiger partial charge on any atom is -0.342 e. The third-order valence-corrected chi connectivity index (χ3v) is 4.51. The Labute approximate surface area is 115 Å². The number of hydrogen-bond acceptors (Lipinski definition) is 2. The fraction of sp³-hybridized carbons (Fsp3) is 0.867. The monoisotopic (exact) mass is 266 g/mol. The zero-order valence-corrected chi connectivity index (χ0v) is 12.7. The molecule has 1 saturated heterocycles. The van der Waals surface area contributed by atoms with Crippen LogP contribution in [0.15, 0.2) is 0 Å². The van der Waals surface area contributed by atoms with E-state index in [4.69, 9.17) is 0 Å². The van der Waals surface area contributed by atoms with Crippen molar-refractivity contribution in [2.75, 3.05) is 0 Å². The molecule has 2 fully saturated rings. The fourth-order valence-corrected chi connectivity index (χ4v) is 3.30. The highest BCUT2D eigenvalue weighted by atomic mass is 16.2. The number of piperazine rings is 1. The molecule has 0 aromatic carbocycles. The summed E-state index contributed by atoms with van der Waals surface area (Å²) in [5.41, 5.74) is -0.241. The second kappa shape index (κ2) is 4.80. The maximum Gasteiger partial charge on any atom is 0.246 e. The lowest BCUT2D eigenvalue weighted by Gasteiger charge is -2.44. The average molecular weight is 266 g/mol. The summed E-state index contributed by atoms with van der Waals surface area (Å²) in [4.78, 5) is 26.7. The largest absolute Gasteiger partial charge is 0.342 e. The number of hydrogen-bond donors (Lipinski definition) is 1. The molecule has 1 heterocycles. The smallest absolute Gasteiger partial charge is 0.246 e. The van der Waals surface area contributed by atoms with Crippen molar-refractivity contribution < 1.29 is 9.59 Å². The number of carbonyl (C=O) groups excluding carboxylic acids is 2. The minimum atomic E-state index is -0.396. The highest BCUT2D eigenvalue weighted by Crippen LogP contribution is 2.33. The molecule has 2 amide bonds. The molecule has 0 aromatic rings. The summed E-state index contributed by atoms with van der Waals surface area (Å²) in [5.74, 6) is 0.737. The van der Waals surface area contributed by atoms with Gasteiger partial charge in [-0.3, -0.25) is 9.59 Å². The van der Waals surface area contributed by atoms with Gasteiger partial charge in [0.05, 0.1) is 0 Å².